The first-order valence-electron chi connectivity index (χ1n) is 5.08. The van der Waals surface area contributed by atoms with Gasteiger partial charge in [-0.25, -0.2) is 0 Å². The van der Waals surface area contributed by atoms with Gasteiger partial charge in [-0.05, 0) is 31.1 Å². The summed E-state index contributed by atoms with van der Waals surface area (Å²) in [6.45, 7) is 2.12. The fourth-order valence-corrected chi connectivity index (χ4v) is 2.23. The Morgan fingerprint density at radius 1 is 1.62 bits per heavy atom. The Kier molecular flexibility index (Phi) is 3.52. The van der Waals surface area contributed by atoms with Crippen LogP contribution in [0.5, 0.6) is 0 Å². The molecule has 1 unspecified atom stereocenters. The quantitative estimate of drug-likeness (QED) is 0.678. The molecule has 2 nitrogen and oxygen atoms in total. The van der Waals surface area contributed by atoms with Gasteiger partial charge in [-0.2, -0.15) is 0 Å². The van der Waals surface area contributed by atoms with Crippen molar-refractivity contribution in [2.24, 2.45) is 5.41 Å². The highest BCUT2D eigenvalue weighted by atomic mass is 16.4. The van der Waals surface area contributed by atoms with Gasteiger partial charge >= 0.3 is 5.97 Å². The molecule has 1 aliphatic rings. The number of rotatable bonds is 4. The second-order valence-corrected chi connectivity index (χ2v) is 3.98. The minimum atomic E-state index is -0.667. The number of allylic oxidation sites excluding steroid dienone is 2. The molecular formula is C11H18O2. The highest BCUT2D eigenvalue weighted by Gasteiger charge is 2.30. The van der Waals surface area contributed by atoms with Crippen LogP contribution in [0.25, 0.3) is 0 Å². The molecule has 0 fully saturated rings. The normalized spacial score (nSPS) is 27.5. The van der Waals surface area contributed by atoms with Gasteiger partial charge < -0.3 is 5.11 Å². The maximum atomic E-state index is 10.7. The van der Waals surface area contributed by atoms with E-state index in [2.05, 4.69) is 19.1 Å². The zero-order valence-corrected chi connectivity index (χ0v) is 8.25. The fourth-order valence-electron chi connectivity index (χ4n) is 2.23. The van der Waals surface area contributed by atoms with E-state index in [1.54, 1.807) is 0 Å². The van der Waals surface area contributed by atoms with E-state index in [9.17, 15) is 4.79 Å². The summed E-state index contributed by atoms with van der Waals surface area (Å²) in [4.78, 5) is 10.7. The van der Waals surface area contributed by atoms with Crippen LogP contribution in [-0.2, 0) is 4.79 Å². The van der Waals surface area contributed by atoms with E-state index < -0.39 is 5.97 Å². The lowest BCUT2D eigenvalue weighted by Crippen LogP contribution is -2.23. The summed E-state index contributed by atoms with van der Waals surface area (Å²) in [6, 6.07) is 0. The Labute approximate surface area is 79.6 Å². The molecule has 0 amide bonds. The molecular weight excluding hydrogens is 164 g/mol. The Morgan fingerprint density at radius 3 is 2.85 bits per heavy atom. The van der Waals surface area contributed by atoms with Gasteiger partial charge in [0.25, 0.3) is 0 Å². The van der Waals surface area contributed by atoms with Crippen molar-refractivity contribution >= 4 is 5.97 Å². The third-order valence-corrected chi connectivity index (χ3v) is 2.77. The molecule has 0 aromatic carbocycles. The molecule has 0 aliphatic heterocycles. The molecule has 1 aliphatic carbocycles. The fraction of sp³-hybridized carbons (Fsp3) is 0.727. The van der Waals surface area contributed by atoms with Crippen molar-refractivity contribution in [2.75, 3.05) is 0 Å². The van der Waals surface area contributed by atoms with Crippen molar-refractivity contribution < 1.29 is 9.90 Å². The molecule has 0 aromatic heterocycles. The van der Waals surface area contributed by atoms with Crippen molar-refractivity contribution in [3.05, 3.63) is 12.2 Å². The summed E-state index contributed by atoms with van der Waals surface area (Å²) in [5.74, 6) is -0.667. The summed E-state index contributed by atoms with van der Waals surface area (Å²) >= 11 is 0. The first-order valence-corrected chi connectivity index (χ1v) is 5.08. The van der Waals surface area contributed by atoms with Crippen molar-refractivity contribution in [3.63, 3.8) is 0 Å². The van der Waals surface area contributed by atoms with Gasteiger partial charge in [-0.1, -0.05) is 25.5 Å². The summed E-state index contributed by atoms with van der Waals surface area (Å²) < 4.78 is 0. The predicted molar refractivity (Wildman–Crippen MR) is 52.6 cm³/mol. The third kappa shape index (κ3) is 2.87. The number of carboxylic acids is 1. The van der Waals surface area contributed by atoms with Gasteiger partial charge in [0, 0.05) is 0 Å². The van der Waals surface area contributed by atoms with Crippen LogP contribution in [0.2, 0.25) is 0 Å². The topological polar surface area (TPSA) is 37.3 Å². The number of carbonyl (C=O) groups is 1. The Hall–Kier alpha value is -0.790. The van der Waals surface area contributed by atoms with Crippen molar-refractivity contribution in [1.82, 2.24) is 0 Å². The molecule has 13 heavy (non-hydrogen) atoms. The number of hydrogen-bond acceptors (Lipinski definition) is 1. The Balaban J connectivity index is 2.67. The molecule has 1 atom stereocenters. The van der Waals surface area contributed by atoms with Gasteiger partial charge in [-0.15, -0.1) is 0 Å². The summed E-state index contributed by atoms with van der Waals surface area (Å²) in [6.07, 6.45) is 9.96. The molecule has 0 radical (unpaired) electrons. The summed E-state index contributed by atoms with van der Waals surface area (Å²) in [7, 11) is 0. The van der Waals surface area contributed by atoms with Crippen LogP contribution in [0.4, 0.5) is 0 Å². The van der Waals surface area contributed by atoms with E-state index in [0.717, 1.165) is 32.1 Å². The lowest BCUT2D eigenvalue weighted by molar-refractivity contribution is -0.139. The molecule has 0 saturated heterocycles. The monoisotopic (exact) mass is 182 g/mol. The first kappa shape index (κ1) is 10.3. The Bertz CT molecular complexity index is 208. The smallest absolute Gasteiger partial charge is 0.304 e. The van der Waals surface area contributed by atoms with Gasteiger partial charge in [0.1, 0.15) is 0 Å². The molecule has 1 rings (SSSR count). The average Bonchev–Trinajstić information content (AvgIpc) is 2.04. The first-order chi connectivity index (χ1) is 6.18. The molecule has 0 heterocycles. The largest absolute Gasteiger partial charge is 0.481 e. The van der Waals surface area contributed by atoms with Gasteiger partial charge in [-0.3, -0.25) is 4.79 Å². The number of hydrogen-bond donors (Lipinski definition) is 1. The second-order valence-electron chi connectivity index (χ2n) is 3.98. The van der Waals surface area contributed by atoms with Gasteiger partial charge in [0.15, 0.2) is 0 Å². The standard InChI is InChI=1S/C11H18O2/c1-2-6-11(9-10(12)13)7-4-3-5-8-11/h4,7H,2-3,5-6,8-9H2,1H3,(H,12,13). The maximum absolute atomic E-state index is 10.7. The van der Waals surface area contributed by atoms with Gasteiger partial charge in [0.05, 0.1) is 6.42 Å². The van der Waals surface area contributed by atoms with E-state index in [-0.39, 0.29) is 5.41 Å². The number of aliphatic carboxylic acids is 1. The van der Waals surface area contributed by atoms with E-state index in [1.807, 2.05) is 0 Å². The SMILES string of the molecule is CCCC1(CC(=O)O)C=CCCC1. The third-order valence-electron chi connectivity index (χ3n) is 2.77. The molecule has 2 heteroatoms. The van der Waals surface area contributed by atoms with E-state index >= 15 is 0 Å². The van der Waals surface area contributed by atoms with Crippen LogP contribution < -0.4 is 0 Å². The van der Waals surface area contributed by atoms with Crippen molar-refractivity contribution in [2.45, 2.75) is 45.4 Å². The van der Waals surface area contributed by atoms with Crippen molar-refractivity contribution in [3.8, 4) is 0 Å². The van der Waals surface area contributed by atoms with Crippen LogP contribution in [0.3, 0.4) is 0 Å². The Morgan fingerprint density at radius 2 is 2.38 bits per heavy atom. The average molecular weight is 182 g/mol. The van der Waals surface area contributed by atoms with Crippen LogP contribution in [0.1, 0.15) is 45.4 Å². The van der Waals surface area contributed by atoms with Crippen LogP contribution in [-0.4, -0.2) is 11.1 Å². The molecule has 0 aromatic rings. The van der Waals surface area contributed by atoms with Crippen LogP contribution in [0, 0.1) is 5.41 Å². The highest BCUT2D eigenvalue weighted by molar-refractivity contribution is 5.68. The molecule has 0 bridgehead atoms. The molecule has 0 saturated carbocycles. The predicted octanol–water partition coefficient (Wildman–Crippen LogP) is 2.99. The minimum absolute atomic E-state index is 0.0289. The van der Waals surface area contributed by atoms with Gasteiger partial charge in [0.2, 0.25) is 0 Å². The van der Waals surface area contributed by atoms with E-state index in [4.69, 9.17) is 5.11 Å². The number of carboxylic acid groups (broad SMARTS) is 1. The zero-order chi connectivity index (χ0) is 9.73. The second kappa shape index (κ2) is 4.45. The minimum Gasteiger partial charge on any atom is -0.481 e. The van der Waals surface area contributed by atoms with Crippen LogP contribution >= 0.6 is 0 Å². The summed E-state index contributed by atoms with van der Waals surface area (Å²) in [5, 5.41) is 8.82. The molecule has 74 valence electrons. The maximum Gasteiger partial charge on any atom is 0.304 e. The summed E-state index contributed by atoms with van der Waals surface area (Å²) in [5.41, 5.74) is -0.0289. The molecule has 0 spiro atoms. The lowest BCUT2D eigenvalue weighted by atomic mass is 9.73. The zero-order valence-electron chi connectivity index (χ0n) is 8.25. The van der Waals surface area contributed by atoms with E-state index in [1.165, 1.54) is 0 Å². The van der Waals surface area contributed by atoms with E-state index in [0.29, 0.717) is 6.42 Å². The highest BCUT2D eigenvalue weighted by Crippen LogP contribution is 2.38. The molecule has 1 N–H and O–H groups in total. The van der Waals surface area contributed by atoms with Crippen LogP contribution in [0.15, 0.2) is 12.2 Å². The van der Waals surface area contributed by atoms with Crippen molar-refractivity contribution in [1.29, 1.82) is 0 Å². The lowest BCUT2D eigenvalue weighted by Gasteiger charge is -2.31.